The lowest BCUT2D eigenvalue weighted by Gasteiger charge is -2.13. The first-order valence-electron chi connectivity index (χ1n) is 3.03. The minimum atomic E-state index is 0.608. The molecule has 0 saturated carbocycles. The smallest absolute Gasteiger partial charge is 0.275 e. The second-order valence-electron chi connectivity index (χ2n) is 2.04. The van der Waals surface area contributed by atoms with Gasteiger partial charge in [0.25, 0.3) is 5.82 Å². The number of hydrogen-bond donors (Lipinski definition) is 2. The number of hydrogen-bond acceptors (Lipinski definition) is 5. The molecule has 11 heavy (non-hydrogen) atoms. The summed E-state index contributed by atoms with van der Waals surface area (Å²) in [4.78, 5) is 0. The summed E-state index contributed by atoms with van der Waals surface area (Å²) in [7, 11) is 0. The number of aromatic nitrogens is 2. The summed E-state index contributed by atoms with van der Waals surface area (Å²) < 4.78 is 7.83. The maximum atomic E-state index is 4.09. The van der Waals surface area contributed by atoms with Crippen molar-refractivity contribution in [2.24, 2.45) is 5.10 Å². The molecule has 1 atom stereocenters. The highest BCUT2D eigenvalue weighted by atomic mass is 32.1. The fourth-order valence-electron chi connectivity index (χ4n) is 0.720. The molecule has 1 aliphatic rings. The maximum absolute atomic E-state index is 4.09. The number of nitrogens with zero attached hydrogens (tertiary/aromatic N) is 4. The van der Waals surface area contributed by atoms with Gasteiger partial charge in [0.15, 0.2) is 0 Å². The molecule has 0 bridgehead atoms. The van der Waals surface area contributed by atoms with E-state index in [9.17, 15) is 0 Å². The monoisotopic (exact) mass is 170 g/mol. The highest BCUT2D eigenvalue weighted by Gasteiger charge is 2.11. The fourth-order valence-corrected chi connectivity index (χ4v) is 1.13. The van der Waals surface area contributed by atoms with E-state index in [1.165, 1.54) is 0 Å². The largest absolute Gasteiger partial charge is 0.421 e. The molecular weight excluding hydrogens is 164 g/mol. The van der Waals surface area contributed by atoms with Gasteiger partial charge >= 0.3 is 0 Å². The van der Waals surface area contributed by atoms with Crippen molar-refractivity contribution in [3.8, 4) is 0 Å². The molecule has 2 N–H and O–H groups in total. The molecule has 0 aliphatic carbocycles. The molecule has 0 fully saturated rings. The van der Waals surface area contributed by atoms with Gasteiger partial charge in [-0.15, -0.1) is 4.37 Å². The van der Waals surface area contributed by atoms with Crippen molar-refractivity contribution in [1.29, 1.82) is 0 Å². The Morgan fingerprint density at radius 1 is 1.73 bits per heavy atom. The Morgan fingerprint density at radius 2 is 2.64 bits per heavy atom. The molecule has 2 rings (SSSR count). The van der Waals surface area contributed by atoms with Crippen molar-refractivity contribution in [2.75, 3.05) is 0 Å². The number of amidine groups is 1. The van der Waals surface area contributed by atoms with E-state index < -0.39 is 0 Å². The molecule has 0 spiro atoms. The van der Waals surface area contributed by atoms with Crippen LogP contribution < -0.4 is 10.5 Å². The van der Waals surface area contributed by atoms with Crippen LogP contribution in [0.3, 0.4) is 0 Å². The molecule has 1 aromatic rings. The molecule has 0 aromatic carbocycles. The SMILES string of the molecule is CC1=N[NH+](c2cnsn2)[N-]N1. The van der Waals surface area contributed by atoms with Crippen LogP contribution in [-0.4, -0.2) is 14.6 Å². The van der Waals surface area contributed by atoms with E-state index in [1.807, 2.05) is 6.92 Å². The highest BCUT2D eigenvalue weighted by molar-refractivity contribution is 6.99. The van der Waals surface area contributed by atoms with Crippen molar-refractivity contribution in [1.82, 2.24) is 14.2 Å². The van der Waals surface area contributed by atoms with E-state index >= 15 is 0 Å². The lowest BCUT2D eigenvalue weighted by molar-refractivity contribution is -0.798. The minimum Gasteiger partial charge on any atom is -0.421 e. The Hall–Kier alpha value is -1.05. The molecule has 58 valence electrons. The van der Waals surface area contributed by atoms with E-state index in [4.69, 9.17) is 0 Å². The van der Waals surface area contributed by atoms with Gasteiger partial charge in [-0.25, -0.2) is 5.12 Å². The van der Waals surface area contributed by atoms with Crippen molar-refractivity contribution >= 4 is 23.4 Å². The molecule has 1 unspecified atom stereocenters. The molecule has 0 saturated heterocycles. The molecule has 7 heteroatoms. The lowest BCUT2D eigenvalue weighted by atomic mass is 10.7. The van der Waals surface area contributed by atoms with Crippen LogP contribution in [0.25, 0.3) is 5.53 Å². The van der Waals surface area contributed by atoms with Crippen LogP contribution in [0.15, 0.2) is 11.3 Å². The summed E-state index contributed by atoms with van der Waals surface area (Å²) in [6.45, 7) is 1.84. The maximum Gasteiger partial charge on any atom is 0.275 e. The van der Waals surface area contributed by atoms with E-state index in [0.717, 1.165) is 23.4 Å². The van der Waals surface area contributed by atoms with Gasteiger partial charge in [0.2, 0.25) is 0 Å². The number of quaternary nitrogens is 1. The first-order valence-corrected chi connectivity index (χ1v) is 3.76. The van der Waals surface area contributed by atoms with Gasteiger partial charge in [-0.05, 0) is 6.92 Å². The molecule has 2 heterocycles. The van der Waals surface area contributed by atoms with Gasteiger partial charge in [-0.3, -0.25) is 0 Å². The summed E-state index contributed by atoms with van der Waals surface area (Å²) in [6, 6.07) is 0. The van der Waals surface area contributed by atoms with Crippen LogP contribution in [0.4, 0.5) is 5.82 Å². The third-order valence-corrected chi connectivity index (χ3v) is 1.67. The van der Waals surface area contributed by atoms with Gasteiger partial charge in [-0.2, -0.15) is 4.37 Å². The van der Waals surface area contributed by atoms with Crippen LogP contribution in [0.1, 0.15) is 6.92 Å². The van der Waals surface area contributed by atoms with Gasteiger partial charge in [-0.1, -0.05) is 5.10 Å². The zero-order valence-electron chi connectivity index (χ0n) is 5.77. The Kier molecular flexibility index (Phi) is 1.53. The highest BCUT2D eigenvalue weighted by Crippen LogP contribution is 1.97. The summed E-state index contributed by atoms with van der Waals surface area (Å²) in [6.07, 6.45) is 1.65. The topological polar surface area (TPSA) is 68.7 Å². The average molecular weight is 170 g/mol. The predicted octanol–water partition coefficient (Wildman–Crippen LogP) is -0.805. The van der Waals surface area contributed by atoms with Gasteiger partial charge in [0.1, 0.15) is 12.0 Å². The van der Waals surface area contributed by atoms with E-state index in [-0.39, 0.29) is 0 Å². The zero-order chi connectivity index (χ0) is 7.68. The normalized spacial score (nSPS) is 23.0. The minimum absolute atomic E-state index is 0.608. The number of nitrogens with one attached hydrogen (secondary N) is 2. The van der Waals surface area contributed by atoms with E-state index in [2.05, 4.69) is 24.8 Å². The second kappa shape index (κ2) is 2.53. The van der Waals surface area contributed by atoms with E-state index in [0.29, 0.717) is 5.12 Å². The van der Waals surface area contributed by atoms with Crippen molar-refractivity contribution in [3.05, 3.63) is 11.7 Å². The fraction of sp³-hybridized carbons (Fsp3) is 0.250. The van der Waals surface area contributed by atoms with Crippen LogP contribution in [0, 0.1) is 0 Å². The summed E-state index contributed by atoms with van der Waals surface area (Å²) in [5.41, 5.74) is 6.66. The second-order valence-corrected chi connectivity index (χ2v) is 2.59. The third kappa shape index (κ3) is 1.20. The average Bonchev–Trinajstić information content (AvgIpc) is 2.55. The Morgan fingerprint density at radius 3 is 3.18 bits per heavy atom. The first kappa shape index (κ1) is 6.65. The summed E-state index contributed by atoms with van der Waals surface area (Å²) in [5.74, 6) is 1.51. The molecular formula is C4H6N6S. The Bertz CT molecular complexity index is 266. The molecule has 1 aliphatic heterocycles. The van der Waals surface area contributed by atoms with Crippen LogP contribution in [0.2, 0.25) is 0 Å². The van der Waals surface area contributed by atoms with Crippen LogP contribution in [0.5, 0.6) is 0 Å². The molecule has 1 aromatic heterocycles. The first-order chi connectivity index (χ1) is 5.36. The van der Waals surface area contributed by atoms with Gasteiger partial charge in [0, 0.05) is 0 Å². The molecule has 0 amide bonds. The van der Waals surface area contributed by atoms with Crippen molar-refractivity contribution < 1.29 is 5.12 Å². The van der Waals surface area contributed by atoms with Crippen LogP contribution in [-0.2, 0) is 0 Å². The quantitative estimate of drug-likeness (QED) is 0.579. The number of rotatable bonds is 1. The summed E-state index contributed by atoms with van der Waals surface area (Å²) in [5, 5.41) is 4.70. The Balaban J connectivity index is 2.20. The zero-order valence-corrected chi connectivity index (χ0v) is 6.59. The summed E-state index contributed by atoms with van der Waals surface area (Å²) >= 11 is 1.15. The van der Waals surface area contributed by atoms with Crippen molar-refractivity contribution in [2.45, 2.75) is 6.92 Å². The molecule has 0 radical (unpaired) electrons. The van der Waals surface area contributed by atoms with Gasteiger partial charge in [0.05, 0.1) is 11.7 Å². The van der Waals surface area contributed by atoms with Gasteiger partial charge < -0.3 is 11.0 Å². The lowest BCUT2D eigenvalue weighted by Crippen LogP contribution is -2.97. The standard InChI is InChI=1S/C4H6N6S/c1-3-6-9-10(7-3)4-2-5-11-8-4/h2,10H,1H3,(H,6,7). The van der Waals surface area contributed by atoms with Crippen LogP contribution >= 0.6 is 11.7 Å². The van der Waals surface area contributed by atoms with Crippen molar-refractivity contribution in [3.63, 3.8) is 0 Å². The van der Waals surface area contributed by atoms with E-state index in [1.54, 1.807) is 6.20 Å². The third-order valence-electron chi connectivity index (χ3n) is 1.19. The Labute approximate surface area is 67.2 Å². The molecule has 6 nitrogen and oxygen atoms in total. The predicted molar refractivity (Wildman–Crippen MR) is 40.1 cm³/mol.